The minimum absolute atomic E-state index is 0.00997. The van der Waals surface area contributed by atoms with E-state index in [2.05, 4.69) is 10.3 Å². The lowest BCUT2D eigenvalue weighted by Gasteiger charge is -2.25. The molecule has 1 aromatic heterocycles. The summed E-state index contributed by atoms with van der Waals surface area (Å²) in [5, 5.41) is 14.9. The minimum atomic E-state index is -0.777. The Kier molecular flexibility index (Phi) is 5.11. The molecule has 1 heterocycles. The molecule has 110 valence electrons. The smallest absolute Gasteiger partial charge is 0.306 e. The average Bonchev–Trinajstić information content (AvgIpc) is 2.84. The molecule has 1 aliphatic rings. The van der Waals surface area contributed by atoms with Gasteiger partial charge in [-0.1, -0.05) is 6.42 Å². The highest BCUT2D eigenvalue weighted by atomic mass is 32.1. The SMILES string of the molecule is Cc1csc(CCNC(=O)C2CCCC(C(=O)O)C2)n1. The van der Waals surface area contributed by atoms with Crippen molar-refractivity contribution in [2.24, 2.45) is 11.8 Å². The fourth-order valence-corrected chi connectivity index (χ4v) is 3.38. The molecule has 1 saturated carbocycles. The molecule has 5 nitrogen and oxygen atoms in total. The number of carboxylic acid groups (broad SMARTS) is 1. The molecule has 2 atom stereocenters. The third kappa shape index (κ3) is 4.03. The van der Waals surface area contributed by atoms with Crippen LogP contribution in [0.1, 0.15) is 36.4 Å². The van der Waals surface area contributed by atoms with Crippen LogP contribution in [0.3, 0.4) is 0 Å². The van der Waals surface area contributed by atoms with Crippen LogP contribution in [0, 0.1) is 18.8 Å². The van der Waals surface area contributed by atoms with Crippen molar-refractivity contribution in [2.45, 2.75) is 39.0 Å². The summed E-state index contributed by atoms with van der Waals surface area (Å²) in [5.74, 6) is -1.30. The zero-order chi connectivity index (χ0) is 14.5. The molecule has 2 N–H and O–H groups in total. The Labute approximate surface area is 122 Å². The van der Waals surface area contributed by atoms with Crippen LogP contribution in [0.2, 0.25) is 0 Å². The first-order valence-electron chi connectivity index (χ1n) is 6.98. The van der Waals surface area contributed by atoms with Gasteiger partial charge in [0.25, 0.3) is 0 Å². The first-order chi connectivity index (χ1) is 9.56. The number of carbonyl (C=O) groups excluding carboxylic acids is 1. The number of nitrogens with zero attached hydrogens (tertiary/aromatic N) is 1. The Morgan fingerprint density at radius 3 is 2.85 bits per heavy atom. The van der Waals surface area contributed by atoms with Crippen molar-refractivity contribution in [3.8, 4) is 0 Å². The Balaban J connectivity index is 1.75. The second kappa shape index (κ2) is 6.83. The second-order valence-corrected chi connectivity index (χ2v) is 6.26. The van der Waals surface area contributed by atoms with Gasteiger partial charge in [-0.2, -0.15) is 0 Å². The fourth-order valence-electron chi connectivity index (χ4n) is 2.61. The maximum absolute atomic E-state index is 12.0. The highest BCUT2D eigenvalue weighted by molar-refractivity contribution is 7.09. The minimum Gasteiger partial charge on any atom is -0.481 e. The molecule has 0 spiro atoms. The van der Waals surface area contributed by atoms with E-state index in [1.165, 1.54) is 0 Å². The van der Waals surface area contributed by atoms with Crippen LogP contribution in [0.15, 0.2) is 5.38 Å². The number of aromatic nitrogens is 1. The van der Waals surface area contributed by atoms with Crippen LogP contribution in [-0.2, 0) is 16.0 Å². The Hall–Kier alpha value is -1.43. The lowest BCUT2D eigenvalue weighted by molar-refractivity contribution is -0.144. The van der Waals surface area contributed by atoms with Crippen LogP contribution in [-0.4, -0.2) is 28.5 Å². The zero-order valence-electron chi connectivity index (χ0n) is 11.6. The maximum atomic E-state index is 12.0. The molecule has 20 heavy (non-hydrogen) atoms. The third-order valence-corrected chi connectivity index (χ3v) is 4.73. The topological polar surface area (TPSA) is 79.3 Å². The van der Waals surface area contributed by atoms with Gasteiger partial charge >= 0.3 is 5.97 Å². The largest absolute Gasteiger partial charge is 0.481 e. The summed E-state index contributed by atoms with van der Waals surface area (Å²) in [4.78, 5) is 27.4. The Morgan fingerprint density at radius 1 is 1.45 bits per heavy atom. The highest BCUT2D eigenvalue weighted by Crippen LogP contribution is 2.29. The summed E-state index contributed by atoms with van der Waals surface area (Å²) in [6, 6.07) is 0. The molecule has 2 unspecified atom stereocenters. The fraction of sp³-hybridized carbons (Fsp3) is 0.643. The molecule has 0 aliphatic heterocycles. The summed E-state index contributed by atoms with van der Waals surface area (Å²) < 4.78 is 0. The number of hydrogen-bond donors (Lipinski definition) is 2. The maximum Gasteiger partial charge on any atom is 0.306 e. The highest BCUT2D eigenvalue weighted by Gasteiger charge is 2.30. The molecule has 1 aliphatic carbocycles. The average molecular weight is 296 g/mol. The van der Waals surface area contributed by atoms with E-state index >= 15 is 0 Å². The van der Waals surface area contributed by atoms with Gasteiger partial charge in [0.1, 0.15) is 0 Å². The van der Waals surface area contributed by atoms with Gasteiger partial charge in [0, 0.05) is 30.0 Å². The molecule has 0 aromatic carbocycles. The number of rotatable bonds is 5. The van der Waals surface area contributed by atoms with Gasteiger partial charge in [0.2, 0.25) is 5.91 Å². The Bertz CT molecular complexity index is 487. The van der Waals surface area contributed by atoms with Crippen molar-refractivity contribution in [1.29, 1.82) is 0 Å². The monoisotopic (exact) mass is 296 g/mol. The van der Waals surface area contributed by atoms with Gasteiger partial charge in [-0.15, -0.1) is 11.3 Å². The predicted molar refractivity (Wildman–Crippen MR) is 76.6 cm³/mol. The Morgan fingerprint density at radius 2 is 2.20 bits per heavy atom. The lowest BCUT2D eigenvalue weighted by Crippen LogP contribution is -2.36. The molecule has 0 radical (unpaired) electrons. The van der Waals surface area contributed by atoms with Gasteiger partial charge in [0.15, 0.2) is 0 Å². The van der Waals surface area contributed by atoms with E-state index in [4.69, 9.17) is 5.11 Å². The molecular weight excluding hydrogens is 276 g/mol. The molecule has 6 heteroatoms. The molecule has 0 bridgehead atoms. The number of thiazole rings is 1. The van der Waals surface area contributed by atoms with Crippen molar-refractivity contribution in [3.05, 3.63) is 16.1 Å². The number of aliphatic carboxylic acids is 1. The van der Waals surface area contributed by atoms with Gasteiger partial charge in [0.05, 0.1) is 10.9 Å². The van der Waals surface area contributed by atoms with Crippen LogP contribution in [0.25, 0.3) is 0 Å². The van der Waals surface area contributed by atoms with Gasteiger partial charge in [-0.05, 0) is 26.2 Å². The number of amides is 1. The van der Waals surface area contributed by atoms with Crippen molar-refractivity contribution in [3.63, 3.8) is 0 Å². The third-order valence-electron chi connectivity index (χ3n) is 3.70. The van der Waals surface area contributed by atoms with Crippen LogP contribution in [0.5, 0.6) is 0 Å². The molecule has 1 aromatic rings. The number of hydrogen-bond acceptors (Lipinski definition) is 4. The summed E-state index contributed by atoms with van der Waals surface area (Å²) in [7, 11) is 0. The summed E-state index contributed by atoms with van der Waals surface area (Å²) in [5.41, 5.74) is 1.01. The van der Waals surface area contributed by atoms with Crippen molar-refractivity contribution >= 4 is 23.2 Å². The zero-order valence-corrected chi connectivity index (χ0v) is 12.4. The van der Waals surface area contributed by atoms with E-state index in [1.807, 2.05) is 12.3 Å². The van der Waals surface area contributed by atoms with Crippen LogP contribution < -0.4 is 5.32 Å². The number of nitrogens with one attached hydrogen (secondary N) is 1. The van der Waals surface area contributed by atoms with E-state index in [9.17, 15) is 9.59 Å². The first-order valence-corrected chi connectivity index (χ1v) is 7.85. The summed E-state index contributed by atoms with van der Waals surface area (Å²) in [6.45, 7) is 2.52. The molecular formula is C14H20N2O3S. The number of aryl methyl sites for hydroxylation is 1. The molecule has 2 rings (SSSR count). The molecule has 0 saturated heterocycles. The van der Waals surface area contributed by atoms with E-state index in [-0.39, 0.29) is 17.7 Å². The van der Waals surface area contributed by atoms with Gasteiger partial charge in [-0.25, -0.2) is 4.98 Å². The summed E-state index contributed by atoms with van der Waals surface area (Å²) in [6.07, 6.45) is 3.51. The van der Waals surface area contributed by atoms with Gasteiger partial charge < -0.3 is 10.4 Å². The van der Waals surface area contributed by atoms with E-state index in [1.54, 1.807) is 11.3 Å². The standard InChI is InChI=1S/C14H20N2O3S/c1-9-8-20-12(16-9)5-6-15-13(17)10-3-2-4-11(7-10)14(18)19/h8,10-11H,2-7H2,1H3,(H,15,17)(H,18,19). The molecule has 1 amide bonds. The quantitative estimate of drug-likeness (QED) is 0.871. The lowest BCUT2D eigenvalue weighted by atomic mass is 9.81. The molecule has 1 fully saturated rings. The van der Waals surface area contributed by atoms with E-state index in [0.717, 1.165) is 30.0 Å². The van der Waals surface area contributed by atoms with Gasteiger partial charge in [-0.3, -0.25) is 9.59 Å². The van der Waals surface area contributed by atoms with Crippen LogP contribution in [0.4, 0.5) is 0 Å². The second-order valence-electron chi connectivity index (χ2n) is 5.32. The van der Waals surface area contributed by atoms with Crippen molar-refractivity contribution < 1.29 is 14.7 Å². The number of carbonyl (C=O) groups is 2. The number of carboxylic acids is 1. The summed E-state index contributed by atoms with van der Waals surface area (Å²) >= 11 is 1.60. The predicted octanol–water partition coefficient (Wildman–Crippen LogP) is 2.00. The first kappa shape index (κ1) is 15.0. The van der Waals surface area contributed by atoms with Crippen molar-refractivity contribution in [1.82, 2.24) is 10.3 Å². The van der Waals surface area contributed by atoms with Crippen LogP contribution >= 0.6 is 11.3 Å². The normalized spacial score (nSPS) is 22.4. The van der Waals surface area contributed by atoms with E-state index in [0.29, 0.717) is 19.4 Å². The van der Waals surface area contributed by atoms with E-state index < -0.39 is 5.97 Å². The van der Waals surface area contributed by atoms with Crippen molar-refractivity contribution in [2.75, 3.05) is 6.54 Å².